The van der Waals surface area contributed by atoms with Gasteiger partial charge in [-0.05, 0) is 24.6 Å². The molecule has 0 fully saturated rings. The predicted molar refractivity (Wildman–Crippen MR) is 73.5 cm³/mol. The Hall–Kier alpha value is -2.23. The SMILES string of the molecule is O=C(O)CCCNC(=O)Nc1cccc(S(=O)(=O)C(F)F)c1. The maximum absolute atomic E-state index is 12.4. The second-order valence-electron chi connectivity index (χ2n) is 4.21. The molecule has 10 heteroatoms. The number of benzene rings is 1. The van der Waals surface area contributed by atoms with E-state index in [1.807, 2.05) is 0 Å². The lowest BCUT2D eigenvalue weighted by molar-refractivity contribution is -0.137. The Balaban J connectivity index is 2.64. The van der Waals surface area contributed by atoms with Gasteiger partial charge in [-0.2, -0.15) is 8.78 Å². The van der Waals surface area contributed by atoms with Crippen LogP contribution in [0, 0.1) is 0 Å². The number of carbonyl (C=O) groups is 2. The molecule has 2 amide bonds. The summed E-state index contributed by atoms with van der Waals surface area (Å²) in [6, 6.07) is 3.77. The Labute approximate surface area is 125 Å². The Morgan fingerprint density at radius 1 is 1.27 bits per heavy atom. The fourth-order valence-corrected chi connectivity index (χ4v) is 2.24. The van der Waals surface area contributed by atoms with Crippen molar-refractivity contribution in [2.24, 2.45) is 0 Å². The van der Waals surface area contributed by atoms with Gasteiger partial charge < -0.3 is 15.7 Å². The smallest absolute Gasteiger partial charge is 0.341 e. The largest absolute Gasteiger partial charge is 0.481 e. The average Bonchev–Trinajstić information content (AvgIpc) is 2.43. The monoisotopic (exact) mass is 336 g/mol. The number of hydrogen-bond donors (Lipinski definition) is 3. The lowest BCUT2D eigenvalue weighted by Crippen LogP contribution is -2.29. The third kappa shape index (κ3) is 5.28. The van der Waals surface area contributed by atoms with Gasteiger partial charge in [0, 0.05) is 18.7 Å². The van der Waals surface area contributed by atoms with Crippen LogP contribution >= 0.6 is 0 Å². The highest BCUT2D eigenvalue weighted by Crippen LogP contribution is 2.21. The first-order chi connectivity index (χ1) is 10.2. The molecule has 122 valence electrons. The van der Waals surface area contributed by atoms with E-state index in [9.17, 15) is 26.8 Å². The molecule has 0 aromatic heterocycles. The minimum atomic E-state index is -4.74. The summed E-state index contributed by atoms with van der Waals surface area (Å²) in [4.78, 5) is 21.2. The molecule has 0 heterocycles. The Morgan fingerprint density at radius 2 is 1.95 bits per heavy atom. The van der Waals surface area contributed by atoms with Crippen LogP contribution < -0.4 is 10.6 Å². The molecule has 0 aliphatic rings. The molecule has 0 radical (unpaired) electrons. The number of sulfone groups is 1. The minimum absolute atomic E-state index is 0.0254. The van der Waals surface area contributed by atoms with Crippen molar-refractivity contribution in [1.82, 2.24) is 5.32 Å². The van der Waals surface area contributed by atoms with E-state index < -0.39 is 32.5 Å². The third-order valence-corrected chi connectivity index (χ3v) is 3.89. The first-order valence-corrected chi connectivity index (χ1v) is 7.67. The van der Waals surface area contributed by atoms with Gasteiger partial charge in [-0.25, -0.2) is 13.2 Å². The van der Waals surface area contributed by atoms with Crippen LogP contribution in [0.15, 0.2) is 29.2 Å². The first kappa shape index (κ1) is 17.8. The number of urea groups is 1. The van der Waals surface area contributed by atoms with Crippen LogP contribution in [0.4, 0.5) is 19.3 Å². The van der Waals surface area contributed by atoms with Crippen molar-refractivity contribution < 1.29 is 31.9 Å². The van der Waals surface area contributed by atoms with Crippen molar-refractivity contribution in [3.63, 3.8) is 0 Å². The van der Waals surface area contributed by atoms with Gasteiger partial charge in [-0.1, -0.05) is 6.07 Å². The molecule has 1 rings (SSSR count). The van der Waals surface area contributed by atoms with E-state index >= 15 is 0 Å². The molecule has 0 unspecified atom stereocenters. The summed E-state index contributed by atoms with van der Waals surface area (Å²) in [5.74, 6) is -4.54. The fourth-order valence-electron chi connectivity index (χ4n) is 1.47. The summed E-state index contributed by atoms with van der Waals surface area (Å²) in [6.45, 7) is 0.104. The van der Waals surface area contributed by atoms with Gasteiger partial charge in [0.25, 0.3) is 0 Å². The predicted octanol–water partition coefficient (Wildman–Crippen LogP) is 1.67. The van der Waals surface area contributed by atoms with Crippen molar-refractivity contribution in [2.45, 2.75) is 23.5 Å². The van der Waals surface area contributed by atoms with Crippen LogP contribution in [-0.2, 0) is 14.6 Å². The van der Waals surface area contributed by atoms with E-state index in [0.29, 0.717) is 0 Å². The normalized spacial score (nSPS) is 11.2. The molecule has 0 bridgehead atoms. The molecule has 0 atom stereocenters. The lowest BCUT2D eigenvalue weighted by atomic mass is 10.3. The standard InChI is InChI=1S/C12H14F2N2O5S/c13-11(14)22(20,21)9-4-1-3-8(7-9)16-12(19)15-6-2-5-10(17)18/h1,3-4,7,11H,2,5-6H2,(H,17,18)(H2,15,16,19). The minimum Gasteiger partial charge on any atom is -0.481 e. The van der Waals surface area contributed by atoms with Crippen LogP contribution in [0.1, 0.15) is 12.8 Å². The van der Waals surface area contributed by atoms with Gasteiger partial charge in [0.15, 0.2) is 0 Å². The summed E-state index contributed by atoms with van der Waals surface area (Å²) in [5, 5.41) is 13.1. The number of alkyl halides is 2. The summed E-state index contributed by atoms with van der Waals surface area (Å²) >= 11 is 0. The van der Waals surface area contributed by atoms with Crippen molar-refractivity contribution in [2.75, 3.05) is 11.9 Å². The molecule has 1 aromatic carbocycles. The Bertz CT molecular complexity index is 649. The highest BCUT2D eigenvalue weighted by Gasteiger charge is 2.26. The maximum Gasteiger partial charge on any atom is 0.341 e. The average molecular weight is 336 g/mol. The zero-order valence-corrected chi connectivity index (χ0v) is 12.1. The summed E-state index contributed by atoms with van der Waals surface area (Å²) in [7, 11) is -4.74. The van der Waals surface area contributed by atoms with Crippen molar-refractivity contribution >= 4 is 27.5 Å². The van der Waals surface area contributed by atoms with Gasteiger partial charge >= 0.3 is 17.8 Å². The highest BCUT2D eigenvalue weighted by molar-refractivity contribution is 7.91. The molecule has 0 aliphatic heterocycles. The molecule has 7 nitrogen and oxygen atoms in total. The number of rotatable bonds is 7. The second-order valence-corrected chi connectivity index (χ2v) is 6.13. The van der Waals surface area contributed by atoms with Crippen LogP contribution in [0.5, 0.6) is 0 Å². The zero-order chi connectivity index (χ0) is 16.8. The van der Waals surface area contributed by atoms with Gasteiger partial charge in [-0.3, -0.25) is 4.79 Å². The second kappa shape index (κ2) is 7.69. The van der Waals surface area contributed by atoms with Gasteiger partial charge in [0.2, 0.25) is 9.84 Å². The number of halogens is 2. The quantitative estimate of drug-likeness (QED) is 0.656. The molecule has 1 aromatic rings. The molecule has 0 spiro atoms. The number of carboxylic acids is 1. The van der Waals surface area contributed by atoms with Crippen molar-refractivity contribution in [1.29, 1.82) is 0 Å². The van der Waals surface area contributed by atoms with Gasteiger partial charge in [-0.15, -0.1) is 0 Å². The lowest BCUT2D eigenvalue weighted by Gasteiger charge is -2.09. The maximum atomic E-state index is 12.4. The first-order valence-electron chi connectivity index (χ1n) is 6.12. The van der Waals surface area contributed by atoms with Crippen molar-refractivity contribution in [3.05, 3.63) is 24.3 Å². The summed E-state index contributed by atoms with van der Waals surface area (Å²) in [6.07, 6.45) is 0.116. The molecular formula is C12H14F2N2O5S. The molecule has 0 aliphatic carbocycles. The summed E-state index contributed by atoms with van der Waals surface area (Å²) < 4.78 is 47.5. The van der Waals surface area contributed by atoms with E-state index in [4.69, 9.17) is 5.11 Å². The Morgan fingerprint density at radius 3 is 2.55 bits per heavy atom. The van der Waals surface area contributed by atoms with Crippen LogP contribution in [0.2, 0.25) is 0 Å². The highest BCUT2D eigenvalue weighted by atomic mass is 32.2. The molecule has 22 heavy (non-hydrogen) atoms. The van der Waals surface area contributed by atoms with Crippen LogP contribution in [0.25, 0.3) is 0 Å². The van der Waals surface area contributed by atoms with E-state index in [1.54, 1.807) is 0 Å². The fraction of sp³-hybridized carbons (Fsp3) is 0.333. The van der Waals surface area contributed by atoms with E-state index in [0.717, 1.165) is 12.1 Å². The Kier molecular flexibility index (Phi) is 6.23. The number of carboxylic acid groups (broad SMARTS) is 1. The number of anilines is 1. The van der Waals surface area contributed by atoms with E-state index in [-0.39, 0.29) is 25.1 Å². The van der Waals surface area contributed by atoms with E-state index in [1.165, 1.54) is 12.1 Å². The number of nitrogens with one attached hydrogen (secondary N) is 2. The summed E-state index contributed by atoms with van der Waals surface area (Å²) in [5.41, 5.74) is 0.0254. The molecule has 0 saturated carbocycles. The third-order valence-electron chi connectivity index (χ3n) is 2.51. The number of aliphatic carboxylic acids is 1. The molecule has 0 saturated heterocycles. The molecule has 3 N–H and O–H groups in total. The van der Waals surface area contributed by atoms with E-state index in [2.05, 4.69) is 10.6 Å². The number of carbonyl (C=O) groups excluding carboxylic acids is 1. The van der Waals surface area contributed by atoms with Crippen LogP contribution in [-0.4, -0.2) is 37.8 Å². The van der Waals surface area contributed by atoms with Crippen LogP contribution in [0.3, 0.4) is 0 Å². The van der Waals surface area contributed by atoms with Gasteiger partial charge in [0.1, 0.15) is 0 Å². The topological polar surface area (TPSA) is 113 Å². The van der Waals surface area contributed by atoms with Crippen molar-refractivity contribution in [3.8, 4) is 0 Å². The number of hydrogen-bond acceptors (Lipinski definition) is 4. The van der Waals surface area contributed by atoms with Gasteiger partial charge in [0.05, 0.1) is 4.90 Å². The zero-order valence-electron chi connectivity index (χ0n) is 11.3. The molecular weight excluding hydrogens is 322 g/mol. The number of amides is 2.